The molecule has 2 aliphatic rings. The number of anilines is 2. The Hall–Kier alpha value is -5.38. The maximum Gasteiger partial charge on any atom is 0.262 e. The molecule has 6 rings (SSSR count). The van der Waals surface area contributed by atoms with E-state index in [1.165, 1.54) is 0 Å². The summed E-state index contributed by atoms with van der Waals surface area (Å²) in [5.74, 6) is 4.37. The minimum absolute atomic E-state index is 0.00959. The molecule has 0 saturated heterocycles. The first-order valence-corrected chi connectivity index (χ1v) is 11.9. The predicted octanol–water partition coefficient (Wildman–Crippen LogP) is 5.33. The quantitative estimate of drug-likeness (QED) is 0.317. The van der Waals surface area contributed by atoms with Gasteiger partial charge in [0.2, 0.25) is 0 Å². The van der Waals surface area contributed by atoms with Gasteiger partial charge in [-0.05, 0) is 72.8 Å². The number of phenols is 1. The van der Waals surface area contributed by atoms with Crippen molar-refractivity contribution in [1.29, 1.82) is 0 Å². The highest BCUT2D eigenvalue weighted by molar-refractivity contribution is 5.96. The van der Waals surface area contributed by atoms with Gasteiger partial charge in [0.15, 0.2) is 13.2 Å². The molecule has 0 aliphatic carbocycles. The molecule has 2 aliphatic heterocycles. The van der Waals surface area contributed by atoms with Crippen LogP contribution in [0.4, 0.5) is 11.4 Å². The van der Waals surface area contributed by atoms with E-state index in [1.807, 2.05) is 24.3 Å². The zero-order valence-electron chi connectivity index (χ0n) is 20.8. The molecule has 0 radical (unpaired) electrons. The maximum absolute atomic E-state index is 11.2. The van der Waals surface area contributed by atoms with Gasteiger partial charge in [-0.25, -0.2) is 0 Å². The van der Waals surface area contributed by atoms with E-state index in [0.29, 0.717) is 45.9 Å². The summed E-state index contributed by atoms with van der Waals surface area (Å²) in [6.07, 6.45) is 0. The number of carbonyl (C=O) groups excluding carboxylic acids is 2. The van der Waals surface area contributed by atoms with E-state index in [2.05, 4.69) is 10.6 Å². The molecular formula is C29H24N2O8. The first-order valence-electron chi connectivity index (χ1n) is 11.9. The van der Waals surface area contributed by atoms with Gasteiger partial charge in [0, 0.05) is 12.1 Å². The second kappa shape index (κ2) is 11.3. The van der Waals surface area contributed by atoms with Crippen LogP contribution in [-0.2, 0) is 9.59 Å². The Bertz CT molecular complexity index is 1490. The first-order chi connectivity index (χ1) is 18.9. The van der Waals surface area contributed by atoms with Crippen molar-refractivity contribution in [1.82, 2.24) is 0 Å². The number of rotatable bonds is 5. The fourth-order valence-corrected chi connectivity index (χ4v) is 3.67. The summed E-state index contributed by atoms with van der Waals surface area (Å²) in [5, 5.41) is 14.6. The van der Waals surface area contributed by atoms with Crippen molar-refractivity contribution in [2.75, 3.05) is 31.0 Å². The van der Waals surface area contributed by atoms with E-state index >= 15 is 0 Å². The van der Waals surface area contributed by atoms with E-state index in [9.17, 15) is 14.7 Å². The lowest BCUT2D eigenvalue weighted by molar-refractivity contribution is -0.119. The Morgan fingerprint density at radius 3 is 1.49 bits per heavy atom. The second-order valence-corrected chi connectivity index (χ2v) is 8.36. The monoisotopic (exact) mass is 528 g/mol. The van der Waals surface area contributed by atoms with Crippen molar-refractivity contribution in [3.05, 3.63) is 84.9 Å². The molecule has 198 valence electrons. The van der Waals surface area contributed by atoms with E-state index in [1.54, 1.807) is 67.8 Å². The molecule has 0 atom stereocenters. The summed E-state index contributed by atoms with van der Waals surface area (Å²) in [4.78, 5) is 22.3. The minimum Gasteiger partial charge on any atom is -0.508 e. The number of ether oxygens (including phenoxy) is 5. The molecular weight excluding hydrogens is 504 g/mol. The molecule has 0 aromatic heterocycles. The summed E-state index contributed by atoms with van der Waals surface area (Å²) >= 11 is 0. The highest BCUT2D eigenvalue weighted by Gasteiger charge is 2.17. The van der Waals surface area contributed by atoms with Gasteiger partial charge in [-0.1, -0.05) is 0 Å². The SMILES string of the molecule is COc1ccc(Oc2ccc3c(c2)OCC(=O)N3)cc1.O=C1COc2cc(Oc3ccc(O)cc3)ccc2N1. The van der Waals surface area contributed by atoms with Crippen molar-refractivity contribution in [2.45, 2.75) is 0 Å². The molecule has 10 heteroatoms. The van der Waals surface area contributed by atoms with Gasteiger partial charge in [0.05, 0.1) is 18.5 Å². The smallest absolute Gasteiger partial charge is 0.262 e. The zero-order chi connectivity index (χ0) is 27.2. The number of methoxy groups -OCH3 is 1. The van der Waals surface area contributed by atoms with Gasteiger partial charge >= 0.3 is 0 Å². The predicted molar refractivity (Wildman–Crippen MR) is 142 cm³/mol. The molecule has 0 saturated carbocycles. The number of aromatic hydroxyl groups is 1. The maximum atomic E-state index is 11.2. The first kappa shape index (κ1) is 25.3. The third kappa shape index (κ3) is 6.50. The fraction of sp³-hybridized carbons (Fsp3) is 0.103. The van der Waals surface area contributed by atoms with Crippen LogP contribution in [-0.4, -0.2) is 37.2 Å². The van der Waals surface area contributed by atoms with Crippen LogP contribution in [0.2, 0.25) is 0 Å². The summed E-state index contributed by atoms with van der Waals surface area (Å²) < 4.78 is 27.1. The molecule has 39 heavy (non-hydrogen) atoms. The van der Waals surface area contributed by atoms with Crippen LogP contribution in [0.15, 0.2) is 84.9 Å². The van der Waals surface area contributed by atoms with Crippen LogP contribution in [0.25, 0.3) is 0 Å². The molecule has 2 amide bonds. The second-order valence-electron chi connectivity index (χ2n) is 8.36. The molecule has 4 aromatic carbocycles. The molecule has 10 nitrogen and oxygen atoms in total. The number of nitrogens with one attached hydrogen (secondary N) is 2. The number of amides is 2. The largest absolute Gasteiger partial charge is 0.508 e. The Morgan fingerprint density at radius 2 is 1.03 bits per heavy atom. The number of phenolic OH excluding ortho intramolecular Hbond substituents is 1. The van der Waals surface area contributed by atoms with E-state index in [0.717, 1.165) is 5.75 Å². The summed E-state index contributed by atoms with van der Waals surface area (Å²) in [7, 11) is 1.62. The molecule has 3 N–H and O–H groups in total. The van der Waals surface area contributed by atoms with Gasteiger partial charge < -0.3 is 39.4 Å². The van der Waals surface area contributed by atoms with Crippen LogP contribution in [0.3, 0.4) is 0 Å². The number of hydrogen-bond acceptors (Lipinski definition) is 8. The molecule has 0 bridgehead atoms. The van der Waals surface area contributed by atoms with Crippen LogP contribution in [0.5, 0.6) is 46.0 Å². The lowest BCUT2D eigenvalue weighted by atomic mass is 10.2. The molecule has 0 spiro atoms. The van der Waals surface area contributed by atoms with Crippen molar-refractivity contribution < 1.29 is 38.4 Å². The number of fused-ring (bicyclic) bond motifs is 2. The topological polar surface area (TPSA) is 125 Å². The average Bonchev–Trinajstić information content (AvgIpc) is 2.95. The third-order valence-corrected chi connectivity index (χ3v) is 5.54. The normalized spacial score (nSPS) is 13.1. The van der Waals surface area contributed by atoms with Gasteiger partial charge in [0.1, 0.15) is 46.0 Å². The lowest BCUT2D eigenvalue weighted by Crippen LogP contribution is -2.25. The van der Waals surface area contributed by atoms with Crippen LogP contribution in [0.1, 0.15) is 0 Å². The van der Waals surface area contributed by atoms with Crippen LogP contribution < -0.4 is 34.3 Å². The Labute approximate surface area is 223 Å². The van der Waals surface area contributed by atoms with Gasteiger partial charge in [-0.3, -0.25) is 9.59 Å². The molecule has 2 heterocycles. The summed E-state index contributed by atoms with van der Waals surface area (Å²) in [5.41, 5.74) is 1.29. The van der Waals surface area contributed by atoms with Gasteiger partial charge in [-0.2, -0.15) is 0 Å². The Morgan fingerprint density at radius 1 is 0.615 bits per heavy atom. The van der Waals surface area contributed by atoms with Crippen molar-refractivity contribution in [3.63, 3.8) is 0 Å². The summed E-state index contributed by atoms with van der Waals surface area (Å²) in [6.45, 7) is 0.0364. The minimum atomic E-state index is -0.167. The molecule has 4 aromatic rings. The highest BCUT2D eigenvalue weighted by atomic mass is 16.5. The van der Waals surface area contributed by atoms with Crippen LogP contribution in [0, 0.1) is 0 Å². The summed E-state index contributed by atoms with van der Waals surface area (Å²) in [6, 6.07) is 24.2. The van der Waals surface area contributed by atoms with Gasteiger partial charge in [0.25, 0.3) is 11.8 Å². The van der Waals surface area contributed by atoms with Crippen molar-refractivity contribution in [3.8, 4) is 46.0 Å². The average molecular weight is 529 g/mol. The van der Waals surface area contributed by atoms with E-state index in [-0.39, 0.29) is 30.8 Å². The number of carbonyl (C=O) groups is 2. The van der Waals surface area contributed by atoms with E-state index in [4.69, 9.17) is 23.7 Å². The van der Waals surface area contributed by atoms with Crippen LogP contribution >= 0.6 is 0 Å². The molecule has 0 unspecified atom stereocenters. The van der Waals surface area contributed by atoms with E-state index < -0.39 is 0 Å². The number of benzene rings is 4. The van der Waals surface area contributed by atoms with Gasteiger partial charge in [-0.15, -0.1) is 0 Å². The zero-order valence-corrected chi connectivity index (χ0v) is 20.8. The Balaban J connectivity index is 0.000000158. The molecule has 0 fully saturated rings. The van der Waals surface area contributed by atoms with Crippen molar-refractivity contribution in [2.24, 2.45) is 0 Å². The highest BCUT2D eigenvalue weighted by Crippen LogP contribution is 2.35. The fourth-order valence-electron chi connectivity index (χ4n) is 3.67. The standard InChI is InChI=1S/C15H13NO4.C14H11NO4/c1-18-10-2-4-11(5-3-10)20-12-6-7-13-14(8-12)19-9-15(17)16-13;16-9-1-3-10(4-2-9)19-11-5-6-12-13(7-11)18-8-14(17)15-12/h2-8H,9H2,1H3,(H,16,17);1-7,16H,8H2,(H,15,17). The lowest BCUT2D eigenvalue weighted by Gasteiger charge is -2.18. The Kier molecular flexibility index (Phi) is 7.35. The number of hydrogen-bond donors (Lipinski definition) is 3. The van der Waals surface area contributed by atoms with Crippen molar-refractivity contribution >= 4 is 23.2 Å². The third-order valence-electron chi connectivity index (χ3n) is 5.54.